The molecule has 0 bridgehead atoms. The third kappa shape index (κ3) is 7.50. The lowest BCUT2D eigenvalue weighted by molar-refractivity contribution is -0.175. The first-order valence-electron chi connectivity index (χ1n) is 6.84. The van der Waals surface area contributed by atoms with Gasteiger partial charge < -0.3 is 10.1 Å². The average molecular weight is 289 g/mol. The molecule has 2 nitrogen and oxygen atoms in total. The Morgan fingerprint density at radius 3 is 2.65 bits per heavy atom. The van der Waals surface area contributed by atoms with E-state index in [0.717, 1.165) is 24.1 Å². The van der Waals surface area contributed by atoms with Crippen LogP contribution in [-0.2, 0) is 11.2 Å². The molecule has 20 heavy (non-hydrogen) atoms. The fourth-order valence-electron chi connectivity index (χ4n) is 1.98. The summed E-state index contributed by atoms with van der Waals surface area (Å²) in [5.41, 5.74) is 2.25. The first kappa shape index (κ1) is 17.0. The molecule has 5 heteroatoms. The van der Waals surface area contributed by atoms with Gasteiger partial charge in [0.1, 0.15) is 6.61 Å². The normalized spacial score (nSPS) is 13.4. The van der Waals surface area contributed by atoms with E-state index in [9.17, 15) is 13.2 Å². The maximum Gasteiger partial charge on any atom is 0.411 e. The summed E-state index contributed by atoms with van der Waals surface area (Å²) in [5.74, 6) is 0. The Bertz CT molecular complexity index is 393. The van der Waals surface area contributed by atoms with Crippen molar-refractivity contribution in [3.05, 3.63) is 35.4 Å². The summed E-state index contributed by atoms with van der Waals surface area (Å²) in [5, 5.41) is 3.23. The van der Waals surface area contributed by atoms with E-state index in [1.54, 1.807) is 0 Å². The summed E-state index contributed by atoms with van der Waals surface area (Å²) < 4.78 is 41.0. The number of aryl methyl sites for hydroxylation is 1. The standard InChI is InChI=1S/C15H22F3NO/c1-3-7-19-14(10-20-11-15(16,17)18)9-13-6-4-5-12(2)8-13/h4-6,8,14,19H,3,7,9-11H2,1-2H3. The zero-order chi connectivity index (χ0) is 15.0. The molecule has 1 N–H and O–H groups in total. The van der Waals surface area contributed by atoms with Crippen molar-refractivity contribution in [2.24, 2.45) is 0 Å². The lowest BCUT2D eigenvalue weighted by Gasteiger charge is -2.19. The van der Waals surface area contributed by atoms with E-state index in [1.807, 2.05) is 38.1 Å². The number of hydrogen-bond donors (Lipinski definition) is 1. The van der Waals surface area contributed by atoms with Crippen molar-refractivity contribution in [3.8, 4) is 0 Å². The number of halogens is 3. The van der Waals surface area contributed by atoms with Crippen molar-refractivity contribution in [2.45, 2.75) is 38.9 Å². The van der Waals surface area contributed by atoms with Gasteiger partial charge in [0, 0.05) is 6.04 Å². The lowest BCUT2D eigenvalue weighted by Crippen LogP contribution is -2.37. The Balaban J connectivity index is 2.50. The summed E-state index contributed by atoms with van der Waals surface area (Å²) >= 11 is 0. The quantitative estimate of drug-likeness (QED) is 0.791. The van der Waals surface area contributed by atoms with Gasteiger partial charge in [-0.05, 0) is 31.9 Å². The summed E-state index contributed by atoms with van der Waals surface area (Å²) in [6.07, 6.45) is -2.66. The molecule has 0 aliphatic carbocycles. The van der Waals surface area contributed by atoms with Crippen LogP contribution in [0.15, 0.2) is 24.3 Å². The molecule has 0 saturated carbocycles. The van der Waals surface area contributed by atoms with Gasteiger partial charge in [0.2, 0.25) is 0 Å². The topological polar surface area (TPSA) is 21.3 Å². The Labute approximate surface area is 118 Å². The molecule has 0 heterocycles. The van der Waals surface area contributed by atoms with Crippen molar-refractivity contribution in [1.29, 1.82) is 0 Å². The minimum absolute atomic E-state index is 0.0629. The van der Waals surface area contributed by atoms with Crippen LogP contribution in [0.5, 0.6) is 0 Å². The zero-order valence-corrected chi connectivity index (χ0v) is 12.0. The number of alkyl halides is 3. The van der Waals surface area contributed by atoms with E-state index in [1.165, 1.54) is 0 Å². The highest BCUT2D eigenvalue weighted by Gasteiger charge is 2.27. The van der Waals surface area contributed by atoms with Crippen LogP contribution in [0.2, 0.25) is 0 Å². The van der Waals surface area contributed by atoms with Gasteiger partial charge >= 0.3 is 6.18 Å². The second-order valence-corrected chi connectivity index (χ2v) is 4.97. The highest BCUT2D eigenvalue weighted by molar-refractivity contribution is 5.23. The van der Waals surface area contributed by atoms with Crippen LogP contribution >= 0.6 is 0 Å². The molecule has 114 valence electrons. The van der Waals surface area contributed by atoms with E-state index in [4.69, 9.17) is 4.74 Å². The molecule has 0 saturated heterocycles. The van der Waals surface area contributed by atoms with Gasteiger partial charge in [0.25, 0.3) is 0 Å². The molecule has 0 spiro atoms. The van der Waals surface area contributed by atoms with Gasteiger partial charge in [-0.25, -0.2) is 0 Å². The van der Waals surface area contributed by atoms with Gasteiger partial charge in [-0.2, -0.15) is 13.2 Å². The first-order valence-corrected chi connectivity index (χ1v) is 6.84. The van der Waals surface area contributed by atoms with Gasteiger partial charge in [-0.3, -0.25) is 0 Å². The second-order valence-electron chi connectivity index (χ2n) is 4.97. The molecule has 0 radical (unpaired) electrons. The molecular formula is C15H22F3NO. The van der Waals surface area contributed by atoms with Crippen LogP contribution in [-0.4, -0.2) is 32.0 Å². The summed E-state index contributed by atoms with van der Waals surface area (Å²) in [6, 6.07) is 7.89. The molecular weight excluding hydrogens is 267 g/mol. The third-order valence-corrected chi connectivity index (χ3v) is 2.83. The third-order valence-electron chi connectivity index (χ3n) is 2.83. The Morgan fingerprint density at radius 1 is 1.30 bits per heavy atom. The Morgan fingerprint density at radius 2 is 2.05 bits per heavy atom. The number of ether oxygens (including phenoxy) is 1. The van der Waals surface area contributed by atoms with E-state index >= 15 is 0 Å². The molecule has 0 aliphatic rings. The Kier molecular flexibility index (Phi) is 7.02. The highest BCUT2D eigenvalue weighted by Crippen LogP contribution is 2.15. The molecule has 0 aromatic heterocycles. The van der Waals surface area contributed by atoms with Crippen LogP contribution in [0.4, 0.5) is 13.2 Å². The first-order chi connectivity index (χ1) is 9.40. The van der Waals surface area contributed by atoms with Crippen LogP contribution in [0, 0.1) is 6.92 Å². The minimum Gasteiger partial charge on any atom is -0.370 e. The molecule has 1 atom stereocenters. The van der Waals surface area contributed by atoms with E-state index < -0.39 is 12.8 Å². The largest absolute Gasteiger partial charge is 0.411 e. The van der Waals surface area contributed by atoms with Crippen molar-refractivity contribution >= 4 is 0 Å². The van der Waals surface area contributed by atoms with Crippen molar-refractivity contribution < 1.29 is 17.9 Å². The molecule has 0 aliphatic heterocycles. The van der Waals surface area contributed by atoms with Crippen molar-refractivity contribution in [1.82, 2.24) is 5.32 Å². The van der Waals surface area contributed by atoms with Crippen molar-refractivity contribution in [2.75, 3.05) is 19.8 Å². The monoisotopic (exact) mass is 289 g/mol. The molecule has 1 unspecified atom stereocenters. The van der Waals surface area contributed by atoms with E-state index in [2.05, 4.69) is 5.32 Å². The van der Waals surface area contributed by atoms with Crippen LogP contribution < -0.4 is 5.32 Å². The van der Waals surface area contributed by atoms with Crippen LogP contribution in [0.3, 0.4) is 0 Å². The SMILES string of the molecule is CCCNC(COCC(F)(F)F)Cc1cccc(C)c1. The zero-order valence-electron chi connectivity index (χ0n) is 12.0. The fraction of sp³-hybridized carbons (Fsp3) is 0.600. The summed E-state index contributed by atoms with van der Waals surface area (Å²) in [6.45, 7) is 3.66. The number of benzene rings is 1. The predicted octanol–water partition coefficient (Wildman–Crippen LogP) is 3.48. The van der Waals surface area contributed by atoms with E-state index in [0.29, 0.717) is 6.42 Å². The fourth-order valence-corrected chi connectivity index (χ4v) is 1.98. The highest BCUT2D eigenvalue weighted by atomic mass is 19.4. The summed E-state index contributed by atoms with van der Waals surface area (Å²) in [7, 11) is 0. The Hall–Kier alpha value is -1.07. The van der Waals surface area contributed by atoms with Gasteiger partial charge in [0.05, 0.1) is 6.61 Å². The smallest absolute Gasteiger partial charge is 0.370 e. The molecule has 0 amide bonds. The minimum atomic E-state index is -4.27. The van der Waals surface area contributed by atoms with Gasteiger partial charge in [0.15, 0.2) is 0 Å². The average Bonchev–Trinajstić information content (AvgIpc) is 2.34. The van der Waals surface area contributed by atoms with E-state index in [-0.39, 0.29) is 12.6 Å². The number of nitrogens with one attached hydrogen (secondary N) is 1. The van der Waals surface area contributed by atoms with Crippen LogP contribution in [0.25, 0.3) is 0 Å². The second kappa shape index (κ2) is 8.27. The molecule has 1 aromatic carbocycles. The van der Waals surface area contributed by atoms with Crippen LogP contribution in [0.1, 0.15) is 24.5 Å². The molecule has 0 fully saturated rings. The number of rotatable bonds is 8. The van der Waals surface area contributed by atoms with Gasteiger partial charge in [-0.15, -0.1) is 0 Å². The molecule has 1 aromatic rings. The lowest BCUT2D eigenvalue weighted by atomic mass is 10.0. The maximum atomic E-state index is 12.1. The van der Waals surface area contributed by atoms with Gasteiger partial charge in [-0.1, -0.05) is 36.8 Å². The predicted molar refractivity (Wildman–Crippen MR) is 73.8 cm³/mol. The maximum absolute atomic E-state index is 12.1. The van der Waals surface area contributed by atoms with Crippen molar-refractivity contribution in [3.63, 3.8) is 0 Å². The molecule has 1 rings (SSSR count). The summed E-state index contributed by atoms with van der Waals surface area (Å²) in [4.78, 5) is 0. The number of hydrogen-bond acceptors (Lipinski definition) is 2.